The molecule has 1 aromatic heterocycles. The van der Waals surface area contributed by atoms with E-state index in [2.05, 4.69) is 15.0 Å². The van der Waals surface area contributed by atoms with Crippen molar-refractivity contribution in [3.05, 3.63) is 42.7 Å². The minimum Gasteiger partial charge on any atom is -0.489 e. The van der Waals surface area contributed by atoms with E-state index in [4.69, 9.17) is 4.74 Å². The van der Waals surface area contributed by atoms with Crippen LogP contribution in [0, 0.1) is 11.8 Å². The average molecular weight is 410 g/mol. The third-order valence-electron chi connectivity index (χ3n) is 5.08. The van der Waals surface area contributed by atoms with Crippen molar-refractivity contribution in [2.45, 2.75) is 18.9 Å². The van der Waals surface area contributed by atoms with Gasteiger partial charge in [0, 0.05) is 29.8 Å². The molecule has 2 heterocycles. The minimum atomic E-state index is -3.34. The fourth-order valence-corrected chi connectivity index (χ4v) is 4.56. The summed E-state index contributed by atoms with van der Waals surface area (Å²) in [5.41, 5.74) is 2.20. The molecule has 4 rings (SSSR count). The predicted molar refractivity (Wildman–Crippen MR) is 109 cm³/mol. The van der Waals surface area contributed by atoms with Crippen molar-refractivity contribution < 1.29 is 13.2 Å². The number of benzene rings is 1. The van der Waals surface area contributed by atoms with Gasteiger partial charge in [-0.3, -0.25) is 9.71 Å². The number of pyridine rings is 1. The van der Waals surface area contributed by atoms with Gasteiger partial charge in [-0.1, -0.05) is 18.2 Å². The van der Waals surface area contributed by atoms with Crippen LogP contribution in [0.1, 0.15) is 12.8 Å². The molecule has 1 aliphatic heterocycles. The van der Waals surface area contributed by atoms with Gasteiger partial charge in [0.05, 0.1) is 18.1 Å². The quantitative estimate of drug-likeness (QED) is 0.793. The first kappa shape index (κ1) is 19.9. The number of ether oxygens (including phenoxy) is 1. The molecule has 27 heavy (non-hydrogen) atoms. The number of anilines is 1. The summed E-state index contributed by atoms with van der Waals surface area (Å²) in [6.07, 6.45) is 6.89. The maximum atomic E-state index is 11.5. The SMILES string of the molecule is CS(=O)(=O)Nc1cncc(-c2ccccc2O[C@@H]2C[C@@H]3CNC[C@@H]2C3)c1.Cl. The summed E-state index contributed by atoms with van der Waals surface area (Å²) in [7, 11) is -3.34. The van der Waals surface area contributed by atoms with Crippen molar-refractivity contribution >= 4 is 28.1 Å². The normalized spacial score (nSPS) is 24.1. The molecule has 0 spiro atoms. The number of aromatic nitrogens is 1. The smallest absolute Gasteiger partial charge is 0.229 e. The van der Waals surface area contributed by atoms with Crippen molar-refractivity contribution in [1.29, 1.82) is 0 Å². The lowest BCUT2D eigenvalue weighted by Crippen LogP contribution is -2.34. The van der Waals surface area contributed by atoms with Gasteiger partial charge in [0.15, 0.2) is 0 Å². The summed E-state index contributed by atoms with van der Waals surface area (Å²) in [6.45, 7) is 2.10. The Balaban J connectivity index is 0.00000210. The largest absolute Gasteiger partial charge is 0.489 e. The van der Waals surface area contributed by atoms with E-state index in [9.17, 15) is 8.42 Å². The highest BCUT2D eigenvalue weighted by Crippen LogP contribution is 2.39. The third kappa shape index (κ3) is 4.72. The first-order valence-electron chi connectivity index (χ1n) is 8.87. The van der Waals surface area contributed by atoms with Gasteiger partial charge in [0.1, 0.15) is 11.9 Å². The molecule has 146 valence electrons. The lowest BCUT2D eigenvalue weighted by Gasteiger charge is -2.23. The molecular weight excluding hydrogens is 386 g/mol. The van der Waals surface area contributed by atoms with E-state index in [0.717, 1.165) is 42.6 Å². The van der Waals surface area contributed by atoms with Crippen LogP contribution in [0.5, 0.6) is 5.75 Å². The lowest BCUT2D eigenvalue weighted by atomic mass is 10.0. The van der Waals surface area contributed by atoms with Crippen LogP contribution in [-0.4, -0.2) is 38.9 Å². The van der Waals surface area contributed by atoms with Crippen LogP contribution in [0.15, 0.2) is 42.7 Å². The molecule has 0 radical (unpaired) electrons. The highest BCUT2D eigenvalue weighted by atomic mass is 35.5. The van der Waals surface area contributed by atoms with Crippen LogP contribution < -0.4 is 14.8 Å². The maximum absolute atomic E-state index is 11.5. The molecular formula is C19H24ClN3O3S. The molecule has 0 amide bonds. The monoisotopic (exact) mass is 409 g/mol. The summed E-state index contributed by atoms with van der Waals surface area (Å²) in [5, 5.41) is 3.48. The Kier molecular flexibility index (Phi) is 5.93. The van der Waals surface area contributed by atoms with Crippen LogP contribution in [0.3, 0.4) is 0 Å². The molecule has 1 saturated heterocycles. The molecule has 2 N–H and O–H groups in total. The highest BCUT2D eigenvalue weighted by Gasteiger charge is 2.38. The predicted octanol–water partition coefficient (Wildman–Crippen LogP) is 2.92. The molecule has 2 bridgehead atoms. The standard InChI is InChI=1S/C19H23N3O3S.ClH/c1-26(23,24)22-16-8-14(10-21-12-16)17-4-2-3-5-18(17)25-19-7-13-6-15(19)11-20-9-13;/h2-5,8,10,12-13,15,19-20,22H,6-7,9,11H2,1H3;1H/t13-,15+,19-;/m1./s1. The zero-order valence-electron chi connectivity index (χ0n) is 15.1. The van der Waals surface area contributed by atoms with E-state index in [1.807, 2.05) is 24.3 Å². The van der Waals surface area contributed by atoms with Gasteiger partial charge < -0.3 is 10.1 Å². The number of para-hydroxylation sites is 1. The zero-order chi connectivity index (χ0) is 18.1. The summed E-state index contributed by atoms with van der Waals surface area (Å²) in [6, 6.07) is 9.65. The molecule has 6 nitrogen and oxygen atoms in total. The molecule has 1 aromatic carbocycles. The van der Waals surface area contributed by atoms with Crippen molar-refractivity contribution in [1.82, 2.24) is 10.3 Å². The van der Waals surface area contributed by atoms with E-state index in [-0.39, 0.29) is 18.5 Å². The second-order valence-electron chi connectivity index (χ2n) is 7.24. The van der Waals surface area contributed by atoms with Crippen LogP contribution in [0.25, 0.3) is 11.1 Å². The van der Waals surface area contributed by atoms with Gasteiger partial charge in [-0.25, -0.2) is 8.42 Å². The molecule has 1 saturated carbocycles. The van der Waals surface area contributed by atoms with Gasteiger partial charge in [0.25, 0.3) is 0 Å². The summed E-state index contributed by atoms with van der Waals surface area (Å²) >= 11 is 0. The molecule has 2 aromatic rings. The van der Waals surface area contributed by atoms with Gasteiger partial charge >= 0.3 is 0 Å². The number of piperidine rings is 1. The van der Waals surface area contributed by atoms with E-state index in [0.29, 0.717) is 17.5 Å². The second kappa shape index (κ2) is 8.04. The Morgan fingerprint density at radius 3 is 2.78 bits per heavy atom. The average Bonchev–Trinajstić information content (AvgIpc) is 2.87. The van der Waals surface area contributed by atoms with Gasteiger partial charge in [-0.15, -0.1) is 12.4 Å². The van der Waals surface area contributed by atoms with Gasteiger partial charge in [-0.05, 0) is 37.4 Å². The summed E-state index contributed by atoms with van der Waals surface area (Å²) < 4.78 is 31.8. The number of hydrogen-bond acceptors (Lipinski definition) is 5. The van der Waals surface area contributed by atoms with Crippen LogP contribution in [0.2, 0.25) is 0 Å². The van der Waals surface area contributed by atoms with Crippen LogP contribution >= 0.6 is 12.4 Å². The van der Waals surface area contributed by atoms with Crippen molar-refractivity contribution in [2.24, 2.45) is 11.8 Å². The van der Waals surface area contributed by atoms with Crippen molar-refractivity contribution in [3.63, 3.8) is 0 Å². The van der Waals surface area contributed by atoms with Crippen LogP contribution in [0.4, 0.5) is 5.69 Å². The van der Waals surface area contributed by atoms with E-state index < -0.39 is 10.0 Å². The van der Waals surface area contributed by atoms with E-state index in [1.165, 1.54) is 12.6 Å². The molecule has 2 fully saturated rings. The van der Waals surface area contributed by atoms with Crippen molar-refractivity contribution in [2.75, 3.05) is 24.1 Å². The van der Waals surface area contributed by atoms with Crippen molar-refractivity contribution in [3.8, 4) is 16.9 Å². The number of sulfonamides is 1. The Hall–Kier alpha value is -1.83. The van der Waals surface area contributed by atoms with E-state index in [1.54, 1.807) is 12.3 Å². The number of rotatable bonds is 5. The Morgan fingerprint density at radius 2 is 2.00 bits per heavy atom. The number of nitrogens with zero attached hydrogens (tertiary/aromatic N) is 1. The maximum Gasteiger partial charge on any atom is 0.229 e. The van der Waals surface area contributed by atoms with E-state index >= 15 is 0 Å². The topological polar surface area (TPSA) is 80.3 Å². The first-order chi connectivity index (χ1) is 12.5. The Bertz CT molecular complexity index is 907. The second-order valence-corrected chi connectivity index (χ2v) is 8.99. The minimum absolute atomic E-state index is 0. The zero-order valence-corrected chi connectivity index (χ0v) is 16.7. The fourth-order valence-electron chi connectivity index (χ4n) is 4.02. The lowest BCUT2D eigenvalue weighted by molar-refractivity contribution is 0.161. The molecule has 3 atom stereocenters. The molecule has 1 aliphatic carbocycles. The van der Waals surface area contributed by atoms with Crippen LogP contribution in [-0.2, 0) is 10.0 Å². The number of halogens is 1. The summed E-state index contributed by atoms with van der Waals surface area (Å²) in [5.74, 6) is 2.08. The van der Waals surface area contributed by atoms with Gasteiger partial charge in [0.2, 0.25) is 10.0 Å². The number of hydrogen-bond donors (Lipinski definition) is 2. The fraction of sp³-hybridized carbons (Fsp3) is 0.421. The van der Waals surface area contributed by atoms with Gasteiger partial charge in [-0.2, -0.15) is 0 Å². The molecule has 8 heteroatoms. The Morgan fingerprint density at radius 1 is 1.19 bits per heavy atom. The molecule has 2 aliphatic rings. The molecule has 0 unspecified atom stereocenters. The highest BCUT2D eigenvalue weighted by molar-refractivity contribution is 7.92. The Labute approximate surface area is 166 Å². The number of nitrogens with one attached hydrogen (secondary N) is 2. The third-order valence-corrected chi connectivity index (χ3v) is 5.69. The summed E-state index contributed by atoms with van der Waals surface area (Å²) in [4.78, 5) is 4.18. The first-order valence-corrected chi connectivity index (χ1v) is 10.8. The number of fused-ring (bicyclic) bond motifs is 2.